The van der Waals surface area contributed by atoms with Crippen molar-refractivity contribution in [2.45, 2.75) is 76.7 Å². The number of carbonyl (C=O) groups excluding carboxylic acids is 1. The van der Waals surface area contributed by atoms with Gasteiger partial charge in [0.1, 0.15) is 35.5 Å². The van der Waals surface area contributed by atoms with Crippen LogP contribution in [0.2, 0.25) is 0 Å². The Morgan fingerprint density at radius 1 is 0.827 bits per heavy atom. The third-order valence-corrected chi connectivity index (χ3v) is 14.9. The number of hydrogen-bond donors (Lipinski definition) is 0. The van der Waals surface area contributed by atoms with Gasteiger partial charge >= 0.3 is 19.9 Å². The lowest BCUT2D eigenvalue weighted by molar-refractivity contribution is -0.0925. The van der Waals surface area contributed by atoms with Crippen LogP contribution in [0.3, 0.4) is 0 Å². The zero-order valence-corrected chi connectivity index (χ0v) is 44.2. The Morgan fingerprint density at radius 3 is 1.89 bits per heavy atom. The molecular formula is C56H62N9O9P. The van der Waals surface area contributed by atoms with E-state index in [4.69, 9.17) is 42.7 Å². The van der Waals surface area contributed by atoms with Crippen LogP contribution in [-0.2, 0) is 28.7 Å². The first-order valence-corrected chi connectivity index (χ1v) is 26.1. The molecule has 0 spiro atoms. The molecule has 19 heteroatoms. The van der Waals surface area contributed by atoms with E-state index in [0.717, 1.165) is 16.7 Å². The molecule has 75 heavy (non-hydrogen) atoms. The first-order valence-electron chi connectivity index (χ1n) is 24.6. The highest BCUT2D eigenvalue weighted by Gasteiger charge is 2.48. The van der Waals surface area contributed by atoms with Crippen molar-refractivity contribution in [2.75, 3.05) is 46.4 Å². The van der Waals surface area contributed by atoms with Crippen molar-refractivity contribution in [3.63, 3.8) is 0 Å². The fourth-order valence-electron chi connectivity index (χ4n) is 9.14. The number of nitriles is 1. The molecule has 0 saturated carbocycles. The van der Waals surface area contributed by atoms with Crippen LogP contribution in [0, 0.1) is 11.3 Å². The van der Waals surface area contributed by atoms with Gasteiger partial charge in [0.25, 0.3) is 0 Å². The molecule has 0 bridgehead atoms. The SMILES string of the molecule is COc1ccc(C(OC[C@H]2O[C@@H](n3cnc4c(/N=C/N(C)C)nc(OC(=O)N(c5ccccc5)c5ccccc5)nc43)C[C@@H]2OP(=O)(OCCC#N)N(C(C)C)C(C)C)(c2ccccc2)c2ccc(OC)cc2)cc1. The second-order valence-corrected chi connectivity index (χ2v) is 20.2. The highest BCUT2D eigenvalue weighted by molar-refractivity contribution is 7.51. The molecule has 390 valence electrons. The Balaban J connectivity index is 1.24. The van der Waals surface area contributed by atoms with E-state index in [2.05, 4.69) is 16.0 Å². The van der Waals surface area contributed by atoms with E-state index in [9.17, 15) is 10.1 Å². The fraction of sp³-hybridized carbons (Fsp3) is 0.321. The Morgan fingerprint density at radius 2 is 1.37 bits per heavy atom. The molecule has 1 amide bonds. The lowest BCUT2D eigenvalue weighted by Crippen LogP contribution is -2.40. The van der Waals surface area contributed by atoms with Gasteiger partial charge in [-0.25, -0.2) is 28.9 Å². The Hall–Kier alpha value is -7.49. The fourth-order valence-corrected chi connectivity index (χ4v) is 11.5. The molecule has 1 fully saturated rings. The number of aromatic nitrogens is 4. The van der Waals surface area contributed by atoms with Crippen molar-refractivity contribution in [3.05, 3.63) is 163 Å². The summed E-state index contributed by atoms with van der Waals surface area (Å²) in [4.78, 5) is 36.2. The van der Waals surface area contributed by atoms with E-state index in [1.807, 2.05) is 157 Å². The lowest BCUT2D eigenvalue weighted by atomic mass is 9.80. The molecule has 0 aliphatic carbocycles. The summed E-state index contributed by atoms with van der Waals surface area (Å²) >= 11 is 0. The smallest absolute Gasteiger partial charge is 0.426 e. The van der Waals surface area contributed by atoms with Gasteiger partial charge in [0.15, 0.2) is 17.0 Å². The van der Waals surface area contributed by atoms with Crippen molar-refractivity contribution >= 4 is 48.5 Å². The molecule has 4 atom stereocenters. The number of aliphatic imine (C=N–C) groups is 1. The molecule has 1 saturated heterocycles. The summed E-state index contributed by atoms with van der Waals surface area (Å²) in [6.45, 7) is 7.38. The van der Waals surface area contributed by atoms with Gasteiger partial charge in [-0.15, -0.1) is 0 Å². The molecule has 1 unspecified atom stereocenters. The van der Waals surface area contributed by atoms with E-state index in [1.54, 1.807) is 65.3 Å². The lowest BCUT2D eigenvalue weighted by Gasteiger charge is -2.39. The average molecular weight is 1040 g/mol. The molecule has 5 aromatic carbocycles. The van der Waals surface area contributed by atoms with Crippen LogP contribution in [-0.4, -0.2) is 107 Å². The summed E-state index contributed by atoms with van der Waals surface area (Å²) in [5, 5.41) is 9.55. The maximum absolute atomic E-state index is 15.5. The summed E-state index contributed by atoms with van der Waals surface area (Å²) < 4.78 is 63.5. The molecule has 7 aromatic rings. The molecule has 0 radical (unpaired) electrons. The van der Waals surface area contributed by atoms with Crippen molar-refractivity contribution in [3.8, 4) is 23.6 Å². The van der Waals surface area contributed by atoms with Gasteiger partial charge in [0.2, 0.25) is 0 Å². The van der Waals surface area contributed by atoms with Gasteiger partial charge in [-0.3, -0.25) is 13.6 Å². The first kappa shape index (κ1) is 53.8. The molecule has 1 aliphatic heterocycles. The van der Waals surface area contributed by atoms with Crippen LogP contribution in [0.4, 0.5) is 22.0 Å². The number of anilines is 2. The number of methoxy groups -OCH3 is 2. The maximum atomic E-state index is 15.5. The Labute approximate surface area is 437 Å². The summed E-state index contributed by atoms with van der Waals surface area (Å²) in [6, 6.07) is 44.6. The van der Waals surface area contributed by atoms with Gasteiger partial charge in [0.05, 0.1) is 64.0 Å². The van der Waals surface area contributed by atoms with Crippen molar-refractivity contribution in [1.29, 1.82) is 5.26 Å². The maximum Gasteiger partial charge on any atom is 0.426 e. The van der Waals surface area contributed by atoms with Gasteiger partial charge in [-0.05, 0) is 92.9 Å². The second kappa shape index (κ2) is 24.2. The summed E-state index contributed by atoms with van der Waals surface area (Å²) in [5.41, 5.74) is 2.74. The van der Waals surface area contributed by atoms with Crippen LogP contribution >= 0.6 is 7.75 Å². The monoisotopic (exact) mass is 1040 g/mol. The summed E-state index contributed by atoms with van der Waals surface area (Å²) in [5.74, 6) is 1.44. The van der Waals surface area contributed by atoms with Crippen LogP contribution in [0.1, 0.15) is 63.5 Å². The molecule has 2 aromatic heterocycles. The van der Waals surface area contributed by atoms with Gasteiger partial charge in [-0.1, -0.05) is 91.0 Å². The van der Waals surface area contributed by atoms with Crippen LogP contribution < -0.4 is 19.1 Å². The van der Waals surface area contributed by atoms with Crippen molar-refractivity contribution in [2.24, 2.45) is 4.99 Å². The van der Waals surface area contributed by atoms with E-state index in [1.165, 1.54) is 4.90 Å². The normalized spacial score (nSPS) is 16.6. The number of hydrogen-bond acceptors (Lipinski definition) is 14. The minimum Gasteiger partial charge on any atom is -0.497 e. The molecular weight excluding hydrogens is 974 g/mol. The Kier molecular flexibility index (Phi) is 17.4. The number of fused-ring (bicyclic) bond motifs is 1. The van der Waals surface area contributed by atoms with E-state index in [-0.39, 0.29) is 61.1 Å². The molecule has 18 nitrogen and oxygen atoms in total. The first-order chi connectivity index (χ1) is 36.3. The highest BCUT2D eigenvalue weighted by atomic mass is 31.2. The number of ether oxygens (including phenoxy) is 5. The quantitative estimate of drug-likeness (QED) is 0.0205. The number of para-hydroxylation sites is 2. The molecule has 0 N–H and O–H groups in total. The van der Waals surface area contributed by atoms with Crippen LogP contribution in [0.15, 0.2) is 151 Å². The number of carbonyl (C=O) groups is 1. The third-order valence-electron chi connectivity index (χ3n) is 12.4. The second-order valence-electron chi connectivity index (χ2n) is 18.3. The van der Waals surface area contributed by atoms with Crippen LogP contribution in [0.25, 0.3) is 11.2 Å². The predicted octanol–water partition coefficient (Wildman–Crippen LogP) is 11.2. The van der Waals surface area contributed by atoms with Crippen molar-refractivity contribution in [1.82, 2.24) is 29.1 Å². The van der Waals surface area contributed by atoms with Crippen molar-refractivity contribution < 1.29 is 42.1 Å². The molecule has 8 rings (SSSR count). The minimum atomic E-state index is -4.19. The predicted molar refractivity (Wildman–Crippen MR) is 286 cm³/mol. The topological polar surface area (TPSA) is 188 Å². The minimum absolute atomic E-state index is 0.0161. The molecule has 1 aliphatic rings. The largest absolute Gasteiger partial charge is 0.497 e. The van der Waals surface area contributed by atoms with Gasteiger partial charge in [0, 0.05) is 32.6 Å². The third kappa shape index (κ3) is 12.1. The zero-order valence-electron chi connectivity index (χ0n) is 43.3. The number of imidazole rings is 1. The van der Waals surface area contributed by atoms with E-state index >= 15 is 4.57 Å². The summed E-state index contributed by atoms with van der Waals surface area (Å²) in [6.07, 6.45) is -0.388. The van der Waals surface area contributed by atoms with Crippen LogP contribution in [0.5, 0.6) is 17.5 Å². The number of rotatable bonds is 22. The van der Waals surface area contributed by atoms with E-state index in [0.29, 0.717) is 22.9 Å². The van der Waals surface area contributed by atoms with Gasteiger partial charge in [-0.2, -0.15) is 15.2 Å². The van der Waals surface area contributed by atoms with Gasteiger partial charge < -0.3 is 28.6 Å². The molecule has 3 heterocycles. The average Bonchev–Trinajstić information content (AvgIpc) is 4.03. The highest BCUT2D eigenvalue weighted by Crippen LogP contribution is 2.57. The standard InChI is InChI=1S/C56H62N9O9P/c1-39(2)65(40(3)4)75(67,71-34-18-33-57)74-48-35-50(72-49(48)36-70-56(41-19-12-9-13-20-41,42-25-29-46(68-7)30-26-42)43-27-31-47(69-8)32-28-43)63-38-58-51-52(59-37-62(5)6)60-54(61-53(51)63)73-55(66)64(44-21-14-10-15-22-44)45-23-16-11-17-24-45/h9-17,19-32,37-40,48-50H,18,34-36H2,1-8H3/b59-37+/t48-,49+,50+,75?/m0/s1. The number of nitrogens with zero attached hydrogens (tertiary/aromatic N) is 9. The number of amides is 1. The summed E-state index contributed by atoms with van der Waals surface area (Å²) in [7, 11) is 2.65. The van der Waals surface area contributed by atoms with E-state index < -0.39 is 37.9 Å². The Bertz CT molecular complexity index is 3010. The zero-order chi connectivity index (χ0) is 53.1. The number of benzene rings is 5.